The minimum atomic E-state index is -4.60. The Labute approximate surface area is 100 Å². The lowest BCUT2D eigenvalue weighted by Gasteiger charge is -2.13. The lowest BCUT2D eigenvalue weighted by Crippen LogP contribution is -2.13. The number of anilines is 1. The quantitative estimate of drug-likeness (QED) is 0.854. The van der Waals surface area contributed by atoms with Crippen molar-refractivity contribution in [3.05, 3.63) is 16.7 Å². The maximum atomic E-state index is 12.6. The fraction of sp³-hybridized carbons (Fsp3) is 0.444. The van der Waals surface area contributed by atoms with Crippen LogP contribution in [0.5, 0.6) is 5.88 Å². The number of nitrogen functional groups attached to an aromatic ring is 1. The highest BCUT2D eigenvalue weighted by Crippen LogP contribution is 2.38. The van der Waals surface area contributed by atoms with Crippen LogP contribution in [-0.2, 0) is 10.9 Å². The Bertz CT molecular complexity index is 399. The van der Waals surface area contributed by atoms with E-state index in [2.05, 4.69) is 9.72 Å². The Morgan fingerprint density at radius 3 is 2.59 bits per heavy atom. The lowest BCUT2D eigenvalue weighted by molar-refractivity contribution is -0.139. The predicted octanol–water partition coefficient (Wildman–Crippen LogP) is 2.36. The van der Waals surface area contributed by atoms with Gasteiger partial charge in [-0.2, -0.15) is 18.2 Å². The number of pyridine rings is 1. The molecule has 0 fully saturated rings. The monoisotopic (exact) mass is 270 g/mol. The second-order valence-electron chi connectivity index (χ2n) is 3.05. The highest BCUT2D eigenvalue weighted by molar-refractivity contribution is 6.32. The molecule has 0 bridgehead atoms. The van der Waals surface area contributed by atoms with Crippen molar-refractivity contribution in [2.75, 3.05) is 26.1 Å². The molecule has 0 aromatic carbocycles. The van der Waals surface area contributed by atoms with E-state index < -0.39 is 17.6 Å². The molecule has 0 amide bonds. The topological polar surface area (TPSA) is 57.4 Å². The van der Waals surface area contributed by atoms with Gasteiger partial charge in [0.25, 0.3) is 0 Å². The molecule has 0 aliphatic rings. The second kappa shape index (κ2) is 5.42. The lowest BCUT2D eigenvalue weighted by atomic mass is 10.2. The van der Waals surface area contributed by atoms with Crippen LogP contribution in [0.25, 0.3) is 0 Å². The third-order valence-corrected chi connectivity index (χ3v) is 2.10. The normalized spacial score (nSPS) is 11.6. The van der Waals surface area contributed by atoms with Crippen molar-refractivity contribution < 1.29 is 22.6 Å². The average Bonchev–Trinajstić information content (AvgIpc) is 2.21. The molecule has 96 valence electrons. The number of hydrogen-bond acceptors (Lipinski definition) is 4. The summed E-state index contributed by atoms with van der Waals surface area (Å²) >= 11 is 5.49. The van der Waals surface area contributed by atoms with Gasteiger partial charge in [-0.1, -0.05) is 11.6 Å². The maximum Gasteiger partial charge on any atom is 0.421 e. The van der Waals surface area contributed by atoms with Gasteiger partial charge in [0, 0.05) is 7.11 Å². The molecule has 0 spiro atoms. The first-order chi connectivity index (χ1) is 7.86. The summed E-state index contributed by atoms with van der Waals surface area (Å²) in [6, 6.07) is 0.687. The Morgan fingerprint density at radius 2 is 2.06 bits per heavy atom. The number of nitrogens with zero attached hydrogens (tertiary/aromatic N) is 1. The van der Waals surface area contributed by atoms with E-state index in [0.717, 1.165) is 0 Å². The van der Waals surface area contributed by atoms with Gasteiger partial charge in [-0.3, -0.25) is 0 Å². The van der Waals surface area contributed by atoms with Gasteiger partial charge in [0.1, 0.15) is 18.0 Å². The highest BCUT2D eigenvalue weighted by atomic mass is 35.5. The molecular weight excluding hydrogens is 261 g/mol. The molecule has 1 rings (SSSR count). The molecule has 0 atom stereocenters. The molecule has 0 radical (unpaired) electrons. The van der Waals surface area contributed by atoms with Crippen LogP contribution in [0.15, 0.2) is 6.07 Å². The fourth-order valence-electron chi connectivity index (χ4n) is 1.02. The van der Waals surface area contributed by atoms with E-state index in [0.29, 0.717) is 6.07 Å². The summed E-state index contributed by atoms with van der Waals surface area (Å²) < 4.78 is 47.4. The third kappa shape index (κ3) is 3.64. The zero-order valence-corrected chi connectivity index (χ0v) is 9.60. The molecule has 1 heterocycles. The number of nitrogens with two attached hydrogens (primary N) is 1. The van der Waals surface area contributed by atoms with Gasteiger partial charge in [0.15, 0.2) is 0 Å². The van der Waals surface area contributed by atoms with Gasteiger partial charge in [-0.25, -0.2) is 0 Å². The third-order valence-electron chi connectivity index (χ3n) is 1.80. The summed E-state index contributed by atoms with van der Waals surface area (Å²) in [6.07, 6.45) is -4.60. The number of alkyl halides is 3. The van der Waals surface area contributed by atoms with Crippen molar-refractivity contribution in [3.63, 3.8) is 0 Å². The predicted molar refractivity (Wildman–Crippen MR) is 56.0 cm³/mol. The minimum absolute atomic E-state index is 0.0619. The van der Waals surface area contributed by atoms with Crippen LogP contribution < -0.4 is 10.5 Å². The smallest absolute Gasteiger partial charge is 0.421 e. The molecule has 0 saturated carbocycles. The molecule has 2 N–H and O–H groups in total. The van der Waals surface area contributed by atoms with Gasteiger partial charge in [-0.15, -0.1) is 0 Å². The van der Waals surface area contributed by atoms with Crippen molar-refractivity contribution in [3.8, 4) is 5.88 Å². The molecular formula is C9H10ClF3N2O2. The molecule has 17 heavy (non-hydrogen) atoms. The Balaban J connectivity index is 3.04. The van der Waals surface area contributed by atoms with Crippen molar-refractivity contribution in [1.82, 2.24) is 4.98 Å². The summed E-state index contributed by atoms with van der Waals surface area (Å²) in [5.74, 6) is -0.816. The first kappa shape index (κ1) is 13.9. The van der Waals surface area contributed by atoms with Crippen molar-refractivity contribution >= 4 is 17.4 Å². The van der Waals surface area contributed by atoms with E-state index in [4.69, 9.17) is 22.1 Å². The van der Waals surface area contributed by atoms with Crippen molar-refractivity contribution in [1.29, 1.82) is 0 Å². The molecule has 0 aliphatic heterocycles. The molecule has 8 heteroatoms. The summed E-state index contributed by atoms with van der Waals surface area (Å²) in [5.41, 5.74) is 4.25. The first-order valence-corrected chi connectivity index (χ1v) is 4.89. The average molecular weight is 271 g/mol. The Kier molecular flexibility index (Phi) is 4.41. The van der Waals surface area contributed by atoms with E-state index in [-0.39, 0.29) is 24.1 Å². The van der Waals surface area contributed by atoms with Crippen LogP contribution in [-0.4, -0.2) is 25.3 Å². The van der Waals surface area contributed by atoms with Crippen LogP contribution in [0.3, 0.4) is 0 Å². The maximum absolute atomic E-state index is 12.6. The van der Waals surface area contributed by atoms with E-state index in [1.165, 1.54) is 7.11 Å². The number of hydrogen-bond donors (Lipinski definition) is 1. The Hall–Kier alpha value is -1.21. The van der Waals surface area contributed by atoms with Crippen LogP contribution in [0.1, 0.15) is 5.56 Å². The second-order valence-corrected chi connectivity index (χ2v) is 3.45. The van der Waals surface area contributed by atoms with E-state index in [1.807, 2.05) is 0 Å². The Morgan fingerprint density at radius 1 is 1.41 bits per heavy atom. The molecule has 1 aromatic heterocycles. The summed E-state index contributed by atoms with van der Waals surface area (Å²) in [5, 5.41) is -0.267. The molecule has 4 nitrogen and oxygen atoms in total. The number of aromatic nitrogens is 1. The van der Waals surface area contributed by atoms with Crippen molar-refractivity contribution in [2.45, 2.75) is 6.18 Å². The van der Waals surface area contributed by atoms with Gasteiger partial charge >= 0.3 is 6.18 Å². The molecule has 0 aliphatic carbocycles. The van der Waals surface area contributed by atoms with Gasteiger partial charge in [0.2, 0.25) is 5.88 Å². The molecule has 1 aromatic rings. The summed E-state index contributed by atoms with van der Waals surface area (Å²) in [7, 11) is 1.40. The largest absolute Gasteiger partial charge is 0.475 e. The van der Waals surface area contributed by atoms with Crippen LogP contribution >= 0.6 is 11.6 Å². The van der Waals surface area contributed by atoms with Crippen LogP contribution in [0.4, 0.5) is 19.0 Å². The highest BCUT2D eigenvalue weighted by Gasteiger charge is 2.36. The van der Waals surface area contributed by atoms with Crippen LogP contribution in [0, 0.1) is 0 Å². The number of methoxy groups -OCH3 is 1. The van der Waals surface area contributed by atoms with Gasteiger partial charge in [0.05, 0.1) is 11.6 Å². The standard InChI is InChI=1S/C9H10ClF3N2O2/c1-16-2-3-17-8-5(9(11,12)13)4-6(10)7(14)15-8/h4H,2-3H2,1H3,(H2,14,15). The molecule has 0 unspecified atom stereocenters. The summed E-state index contributed by atoms with van der Waals surface area (Å²) in [6.45, 7) is 0.0785. The van der Waals surface area contributed by atoms with Gasteiger partial charge < -0.3 is 15.2 Å². The SMILES string of the molecule is COCCOc1nc(N)c(Cl)cc1C(F)(F)F. The van der Waals surface area contributed by atoms with Crippen molar-refractivity contribution in [2.24, 2.45) is 0 Å². The molecule has 0 saturated heterocycles. The van der Waals surface area contributed by atoms with Crippen LogP contribution in [0.2, 0.25) is 5.02 Å². The van der Waals surface area contributed by atoms with Gasteiger partial charge in [-0.05, 0) is 6.07 Å². The number of halogens is 4. The fourth-order valence-corrected chi connectivity index (χ4v) is 1.17. The minimum Gasteiger partial charge on any atom is -0.475 e. The van der Waals surface area contributed by atoms with E-state index in [9.17, 15) is 13.2 Å². The number of rotatable bonds is 4. The summed E-state index contributed by atoms with van der Waals surface area (Å²) in [4.78, 5) is 3.46. The van der Waals surface area contributed by atoms with E-state index >= 15 is 0 Å². The zero-order chi connectivity index (χ0) is 13.1. The first-order valence-electron chi connectivity index (χ1n) is 4.51. The number of ether oxygens (including phenoxy) is 2. The zero-order valence-electron chi connectivity index (χ0n) is 8.84. The van der Waals surface area contributed by atoms with E-state index in [1.54, 1.807) is 0 Å².